The van der Waals surface area contributed by atoms with Gasteiger partial charge < -0.3 is 29.6 Å². The van der Waals surface area contributed by atoms with E-state index in [1.54, 1.807) is 24.3 Å². The second kappa shape index (κ2) is 11.7. The first-order chi connectivity index (χ1) is 19.0. The summed E-state index contributed by atoms with van der Waals surface area (Å²) in [6.07, 6.45) is 0.259. The Hall–Kier alpha value is -4.84. The average Bonchev–Trinajstić information content (AvgIpc) is 3.62. The Kier molecular flexibility index (Phi) is 7.73. The van der Waals surface area contributed by atoms with Crippen LogP contribution >= 0.6 is 11.3 Å². The lowest BCUT2D eigenvalue weighted by atomic mass is 10.1. The molecule has 3 amide bonds. The van der Waals surface area contributed by atoms with E-state index in [4.69, 9.17) is 18.9 Å². The standard InChI is InChI=1S/C27H25N5O6S/c1-35-19-12-18(13-20(14-19)36-2)28-26(34)29-21(10-16-6-4-3-5-7-16)24(33)30-27-32-31-25(39-27)17-8-9-22-23(11-17)38-15-37-22/h3-9,11-14,21H,10,15H2,1-2H3,(H2,28,29,34)(H,30,32,33)/t21-/m0/s1. The van der Waals surface area contributed by atoms with E-state index in [2.05, 4.69) is 26.1 Å². The molecular weight excluding hydrogens is 522 g/mol. The third-order valence-corrected chi connectivity index (χ3v) is 6.68. The van der Waals surface area contributed by atoms with E-state index in [1.165, 1.54) is 25.6 Å². The molecule has 200 valence electrons. The molecule has 1 aliphatic heterocycles. The topological polar surface area (TPSA) is 133 Å². The fourth-order valence-electron chi connectivity index (χ4n) is 3.88. The predicted octanol–water partition coefficient (Wildman–Crippen LogP) is 4.32. The summed E-state index contributed by atoms with van der Waals surface area (Å²) in [5.74, 6) is 1.87. The van der Waals surface area contributed by atoms with Gasteiger partial charge in [0.15, 0.2) is 11.5 Å². The molecule has 0 radical (unpaired) electrons. The van der Waals surface area contributed by atoms with Gasteiger partial charge in [0, 0.05) is 35.9 Å². The SMILES string of the molecule is COc1cc(NC(=O)N[C@@H](Cc2ccccc2)C(=O)Nc2nnc(-c3ccc4c(c3)OCO4)s2)cc(OC)c1. The maximum absolute atomic E-state index is 13.3. The minimum absolute atomic E-state index is 0.172. The van der Waals surface area contributed by atoms with Crippen LogP contribution in [0.1, 0.15) is 5.56 Å². The Morgan fingerprint density at radius 1 is 0.923 bits per heavy atom. The van der Waals surface area contributed by atoms with Crippen LogP contribution in [0.15, 0.2) is 66.7 Å². The van der Waals surface area contributed by atoms with Gasteiger partial charge >= 0.3 is 6.03 Å². The fourth-order valence-corrected chi connectivity index (χ4v) is 4.62. The Morgan fingerprint density at radius 2 is 1.67 bits per heavy atom. The zero-order valence-corrected chi connectivity index (χ0v) is 21.9. The number of carbonyl (C=O) groups is 2. The second-order valence-electron chi connectivity index (χ2n) is 8.41. The predicted molar refractivity (Wildman–Crippen MR) is 146 cm³/mol. The number of methoxy groups -OCH3 is 2. The van der Waals surface area contributed by atoms with Gasteiger partial charge in [-0.1, -0.05) is 41.7 Å². The van der Waals surface area contributed by atoms with Gasteiger partial charge in [-0.15, -0.1) is 10.2 Å². The summed E-state index contributed by atoms with van der Waals surface area (Å²) in [6, 6.07) is 18.4. The Bertz CT molecular complexity index is 1460. The van der Waals surface area contributed by atoms with Crippen LogP contribution in [-0.4, -0.2) is 49.2 Å². The van der Waals surface area contributed by atoms with E-state index < -0.39 is 18.0 Å². The molecule has 2 heterocycles. The van der Waals surface area contributed by atoms with Gasteiger partial charge in [-0.2, -0.15) is 0 Å². The summed E-state index contributed by atoms with van der Waals surface area (Å²) in [5.41, 5.74) is 2.10. The first-order valence-corrected chi connectivity index (χ1v) is 12.7. The molecule has 1 aromatic heterocycles. The van der Waals surface area contributed by atoms with Gasteiger partial charge in [-0.05, 0) is 23.8 Å². The van der Waals surface area contributed by atoms with E-state index in [0.29, 0.717) is 38.8 Å². The van der Waals surface area contributed by atoms with Gasteiger partial charge in [-0.25, -0.2) is 4.79 Å². The number of urea groups is 1. The molecule has 12 heteroatoms. The summed E-state index contributed by atoms with van der Waals surface area (Å²) in [6.45, 7) is 0.172. The molecule has 3 N–H and O–H groups in total. The van der Waals surface area contributed by atoms with Gasteiger partial charge in [-0.3, -0.25) is 10.1 Å². The minimum atomic E-state index is -0.905. The van der Waals surface area contributed by atoms with Crippen LogP contribution in [0, 0.1) is 0 Å². The number of carbonyl (C=O) groups excluding carboxylic acids is 2. The van der Waals surface area contributed by atoms with Gasteiger partial charge in [0.25, 0.3) is 0 Å². The molecule has 5 rings (SSSR count). The van der Waals surface area contributed by atoms with Crippen molar-refractivity contribution < 1.29 is 28.5 Å². The van der Waals surface area contributed by atoms with Crippen LogP contribution in [0.5, 0.6) is 23.0 Å². The summed E-state index contributed by atoms with van der Waals surface area (Å²) in [4.78, 5) is 26.2. The number of hydrogen-bond acceptors (Lipinski definition) is 9. The lowest BCUT2D eigenvalue weighted by molar-refractivity contribution is -0.117. The van der Waals surface area contributed by atoms with Gasteiger partial charge in [0.1, 0.15) is 22.5 Å². The number of anilines is 2. The molecule has 1 atom stereocenters. The quantitative estimate of drug-likeness (QED) is 0.282. The number of nitrogens with zero attached hydrogens (tertiary/aromatic N) is 2. The first-order valence-electron chi connectivity index (χ1n) is 11.9. The average molecular weight is 548 g/mol. The van der Waals surface area contributed by atoms with Crippen molar-refractivity contribution >= 4 is 34.1 Å². The molecule has 4 aromatic rings. The third-order valence-electron chi connectivity index (χ3n) is 5.79. The second-order valence-corrected chi connectivity index (χ2v) is 9.39. The Labute approximate surface area is 228 Å². The van der Waals surface area contributed by atoms with E-state index in [0.717, 1.165) is 11.1 Å². The van der Waals surface area contributed by atoms with Crippen molar-refractivity contribution in [1.82, 2.24) is 15.5 Å². The molecule has 0 fully saturated rings. The molecule has 39 heavy (non-hydrogen) atoms. The van der Waals surface area contributed by atoms with Crippen molar-refractivity contribution in [3.63, 3.8) is 0 Å². The highest BCUT2D eigenvalue weighted by Crippen LogP contribution is 2.37. The van der Waals surface area contributed by atoms with E-state index in [9.17, 15) is 9.59 Å². The summed E-state index contributed by atoms with van der Waals surface area (Å²) in [5, 5.41) is 17.5. The number of nitrogens with one attached hydrogen (secondary N) is 3. The van der Waals surface area contributed by atoms with Crippen LogP contribution in [0.2, 0.25) is 0 Å². The maximum atomic E-state index is 13.3. The van der Waals surface area contributed by atoms with Gasteiger partial charge in [0.2, 0.25) is 17.8 Å². The van der Waals surface area contributed by atoms with E-state index in [-0.39, 0.29) is 13.2 Å². The largest absolute Gasteiger partial charge is 0.497 e. The lowest BCUT2D eigenvalue weighted by Crippen LogP contribution is -2.46. The number of aromatic nitrogens is 2. The van der Waals surface area contributed by atoms with Crippen molar-refractivity contribution in [1.29, 1.82) is 0 Å². The van der Waals surface area contributed by atoms with Crippen LogP contribution in [0.25, 0.3) is 10.6 Å². The maximum Gasteiger partial charge on any atom is 0.319 e. The number of benzene rings is 3. The number of ether oxygens (including phenoxy) is 4. The smallest absolute Gasteiger partial charge is 0.319 e. The molecular formula is C27H25N5O6S. The molecule has 0 spiro atoms. The first kappa shape index (κ1) is 25.8. The number of amides is 3. The summed E-state index contributed by atoms with van der Waals surface area (Å²) >= 11 is 1.21. The van der Waals surface area contributed by atoms with Crippen LogP contribution in [0.3, 0.4) is 0 Å². The van der Waals surface area contributed by atoms with Crippen molar-refractivity contribution in [2.45, 2.75) is 12.5 Å². The molecule has 0 bridgehead atoms. The summed E-state index contributed by atoms with van der Waals surface area (Å²) < 4.78 is 21.3. The normalized spacial score (nSPS) is 12.4. The monoisotopic (exact) mass is 547 g/mol. The Morgan fingerprint density at radius 3 is 2.41 bits per heavy atom. The van der Waals surface area contributed by atoms with Crippen molar-refractivity contribution in [2.75, 3.05) is 31.6 Å². The molecule has 0 saturated carbocycles. The lowest BCUT2D eigenvalue weighted by Gasteiger charge is -2.18. The molecule has 0 aliphatic carbocycles. The summed E-state index contributed by atoms with van der Waals surface area (Å²) in [7, 11) is 3.04. The van der Waals surface area contributed by atoms with Crippen LogP contribution < -0.4 is 34.9 Å². The van der Waals surface area contributed by atoms with Crippen molar-refractivity contribution in [3.05, 3.63) is 72.3 Å². The molecule has 11 nitrogen and oxygen atoms in total. The highest BCUT2D eigenvalue weighted by Gasteiger charge is 2.24. The van der Waals surface area contributed by atoms with Gasteiger partial charge in [0.05, 0.1) is 14.2 Å². The highest BCUT2D eigenvalue weighted by molar-refractivity contribution is 7.18. The zero-order chi connectivity index (χ0) is 27.2. The Balaban J connectivity index is 1.30. The number of hydrogen-bond donors (Lipinski definition) is 3. The molecule has 0 saturated heterocycles. The zero-order valence-electron chi connectivity index (χ0n) is 21.1. The fraction of sp³-hybridized carbons (Fsp3) is 0.185. The molecule has 3 aromatic carbocycles. The number of fused-ring (bicyclic) bond motifs is 1. The van der Waals surface area contributed by atoms with E-state index in [1.807, 2.05) is 42.5 Å². The minimum Gasteiger partial charge on any atom is -0.497 e. The van der Waals surface area contributed by atoms with Crippen LogP contribution in [-0.2, 0) is 11.2 Å². The molecule has 1 aliphatic rings. The van der Waals surface area contributed by atoms with E-state index >= 15 is 0 Å². The van der Waals surface area contributed by atoms with Crippen molar-refractivity contribution in [2.24, 2.45) is 0 Å². The van der Waals surface area contributed by atoms with Crippen molar-refractivity contribution in [3.8, 4) is 33.6 Å². The van der Waals surface area contributed by atoms with Crippen LogP contribution in [0.4, 0.5) is 15.6 Å². The number of rotatable bonds is 9. The highest BCUT2D eigenvalue weighted by atomic mass is 32.1. The molecule has 0 unspecified atom stereocenters. The third kappa shape index (κ3) is 6.36.